The summed E-state index contributed by atoms with van der Waals surface area (Å²) < 4.78 is 0. The fraction of sp³-hybridized carbons (Fsp3) is 0.294. The van der Waals surface area contributed by atoms with E-state index in [4.69, 9.17) is 5.73 Å². The number of thiazole rings is 1. The van der Waals surface area contributed by atoms with E-state index in [0.29, 0.717) is 24.6 Å². The van der Waals surface area contributed by atoms with Crippen LogP contribution in [0.25, 0.3) is 11.4 Å². The molecule has 1 amide bonds. The van der Waals surface area contributed by atoms with E-state index in [2.05, 4.69) is 25.5 Å². The van der Waals surface area contributed by atoms with Crippen LogP contribution < -0.4 is 11.1 Å². The van der Waals surface area contributed by atoms with Gasteiger partial charge >= 0.3 is 0 Å². The van der Waals surface area contributed by atoms with E-state index < -0.39 is 0 Å². The Morgan fingerprint density at radius 1 is 1.28 bits per heavy atom. The average Bonchev–Trinajstić information content (AvgIpc) is 3.24. The second-order valence-corrected chi connectivity index (χ2v) is 6.71. The molecule has 0 saturated carbocycles. The molecule has 0 unspecified atom stereocenters. The Labute approximate surface area is 149 Å². The molecule has 0 fully saturated rings. The summed E-state index contributed by atoms with van der Waals surface area (Å²) in [5.41, 5.74) is 8.20. The Hall–Kier alpha value is -2.58. The Bertz CT molecular complexity index is 839. The van der Waals surface area contributed by atoms with Crippen LogP contribution in [0.1, 0.15) is 29.4 Å². The van der Waals surface area contributed by atoms with Crippen molar-refractivity contribution in [3.05, 3.63) is 46.2 Å². The molecule has 4 N–H and O–H groups in total. The zero-order valence-corrected chi connectivity index (χ0v) is 14.8. The fourth-order valence-corrected chi connectivity index (χ4v) is 3.04. The van der Waals surface area contributed by atoms with Crippen molar-refractivity contribution in [1.29, 1.82) is 0 Å². The normalized spacial score (nSPS) is 10.8. The van der Waals surface area contributed by atoms with E-state index in [0.717, 1.165) is 34.8 Å². The summed E-state index contributed by atoms with van der Waals surface area (Å²) in [5, 5.41) is 12.9. The third-order valence-corrected chi connectivity index (χ3v) is 4.48. The van der Waals surface area contributed by atoms with E-state index in [-0.39, 0.29) is 5.91 Å². The molecular weight excluding hydrogens is 336 g/mol. The predicted molar refractivity (Wildman–Crippen MR) is 98.1 cm³/mol. The number of nitrogens with zero attached hydrogens (tertiary/aromatic N) is 3. The summed E-state index contributed by atoms with van der Waals surface area (Å²) >= 11 is 1.64. The lowest BCUT2D eigenvalue weighted by Gasteiger charge is -2.05. The Morgan fingerprint density at radius 3 is 2.72 bits per heavy atom. The third-order valence-electron chi connectivity index (χ3n) is 3.66. The molecule has 0 saturated heterocycles. The lowest BCUT2D eigenvalue weighted by Crippen LogP contribution is -2.11. The van der Waals surface area contributed by atoms with Crippen molar-refractivity contribution in [3.8, 4) is 11.4 Å². The highest BCUT2D eigenvalue weighted by molar-refractivity contribution is 7.09. The molecule has 7 nitrogen and oxygen atoms in total. The predicted octanol–water partition coefficient (Wildman–Crippen LogP) is 2.66. The summed E-state index contributed by atoms with van der Waals surface area (Å²) in [5.74, 6) is 1.24. The quantitative estimate of drug-likeness (QED) is 0.603. The van der Waals surface area contributed by atoms with Gasteiger partial charge in [0.1, 0.15) is 5.82 Å². The van der Waals surface area contributed by atoms with Crippen molar-refractivity contribution in [3.63, 3.8) is 0 Å². The lowest BCUT2D eigenvalue weighted by molar-refractivity contribution is -0.116. The van der Waals surface area contributed by atoms with E-state index in [9.17, 15) is 4.79 Å². The maximum Gasteiger partial charge on any atom is 0.224 e. The molecule has 0 spiro atoms. The summed E-state index contributed by atoms with van der Waals surface area (Å²) in [6.45, 7) is 2.31. The smallest absolute Gasteiger partial charge is 0.224 e. The van der Waals surface area contributed by atoms with Gasteiger partial charge in [0.05, 0.1) is 17.2 Å². The molecule has 0 aliphatic heterocycles. The first kappa shape index (κ1) is 17.2. The SMILES string of the molecule is Cc1nc(CCCC(=O)Nc2ccc(-c3n[nH]c(CN)n3)cc2)cs1. The molecule has 8 heteroatoms. The van der Waals surface area contributed by atoms with Crippen LogP contribution in [0.4, 0.5) is 5.69 Å². The fourth-order valence-electron chi connectivity index (χ4n) is 2.39. The molecule has 3 rings (SSSR count). The van der Waals surface area contributed by atoms with Gasteiger partial charge < -0.3 is 11.1 Å². The Morgan fingerprint density at radius 2 is 2.08 bits per heavy atom. The van der Waals surface area contributed by atoms with E-state index in [1.165, 1.54) is 0 Å². The van der Waals surface area contributed by atoms with Crippen LogP contribution in [0.15, 0.2) is 29.6 Å². The van der Waals surface area contributed by atoms with Crippen molar-refractivity contribution in [1.82, 2.24) is 20.2 Å². The molecular formula is C17H20N6OS. The van der Waals surface area contributed by atoms with Crippen LogP contribution in [-0.2, 0) is 17.8 Å². The molecule has 0 aliphatic rings. The highest BCUT2D eigenvalue weighted by Gasteiger charge is 2.07. The molecule has 25 heavy (non-hydrogen) atoms. The summed E-state index contributed by atoms with van der Waals surface area (Å²) in [7, 11) is 0. The first-order valence-electron chi connectivity index (χ1n) is 8.06. The largest absolute Gasteiger partial charge is 0.326 e. The van der Waals surface area contributed by atoms with Crippen molar-refractivity contribution >= 4 is 22.9 Å². The molecule has 2 heterocycles. The first-order chi connectivity index (χ1) is 12.1. The molecule has 3 aromatic rings. The molecule has 2 aromatic heterocycles. The number of aryl methyl sites for hydroxylation is 2. The van der Waals surface area contributed by atoms with Gasteiger partial charge in [-0.1, -0.05) is 0 Å². The number of carbonyl (C=O) groups is 1. The zero-order valence-electron chi connectivity index (χ0n) is 14.0. The second-order valence-electron chi connectivity index (χ2n) is 5.65. The number of benzene rings is 1. The number of aromatic nitrogens is 4. The summed E-state index contributed by atoms with van der Waals surface area (Å²) in [6.07, 6.45) is 2.08. The maximum atomic E-state index is 12.0. The van der Waals surface area contributed by atoms with Gasteiger partial charge in [0.15, 0.2) is 5.82 Å². The van der Waals surface area contributed by atoms with Gasteiger partial charge in [0.2, 0.25) is 5.91 Å². The molecule has 130 valence electrons. The number of amides is 1. The van der Waals surface area contributed by atoms with Crippen LogP contribution in [0.3, 0.4) is 0 Å². The number of nitrogens with one attached hydrogen (secondary N) is 2. The van der Waals surface area contributed by atoms with E-state index in [1.54, 1.807) is 11.3 Å². The number of hydrogen-bond donors (Lipinski definition) is 3. The molecule has 0 atom stereocenters. The van der Waals surface area contributed by atoms with Crippen LogP contribution in [0, 0.1) is 6.92 Å². The van der Waals surface area contributed by atoms with Gasteiger partial charge in [-0.3, -0.25) is 9.89 Å². The van der Waals surface area contributed by atoms with Crippen LogP contribution in [-0.4, -0.2) is 26.1 Å². The number of aromatic amines is 1. The highest BCUT2D eigenvalue weighted by atomic mass is 32.1. The van der Waals surface area contributed by atoms with Gasteiger partial charge in [-0.25, -0.2) is 9.97 Å². The molecule has 0 aliphatic carbocycles. The number of hydrogen-bond acceptors (Lipinski definition) is 6. The zero-order chi connectivity index (χ0) is 17.6. The average molecular weight is 356 g/mol. The van der Waals surface area contributed by atoms with Crippen molar-refractivity contribution in [2.45, 2.75) is 32.7 Å². The minimum absolute atomic E-state index is 0.00279. The van der Waals surface area contributed by atoms with Gasteiger partial charge in [-0.15, -0.1) is 11.3 Å². The third kappa shape index (κ3) is 4.71. The van der Waals surface area contributed by atoms with Gasteiger partial charge in [-0.2, -0.15) is 5.10 Å². The minimum Gasteiger partial charge on any atom is -0.326 e. The van der Waals surface area contributed by atoms with Gasteiger partial charge in [0, 0.05) is 23.1 Å². The number of H-pyrrole nitrogens is 1. The lowest BCUT2D eigenvalue weighted by atomic mass is 10.1. The highest BCUT2D eigenvalue weighted by Crippen LogP contribution is 2.18. The molecule has 1 aromatic carbocycles. The number of anilines is 1. The Balaban J connectivity index is 1.49. The summed E-state index contributed by atoms with van der Waals surface area (Å²) in [4.78, 5) is 20.7. The summed E-state index contributed by atoms with van der Waals surface area (Å²) in [6, 6.07) is 7.43. The van der Waals surface area contributed by atoms with Gasteiger partial charge in [0.25, 0.3) is 0 Å². The second kappa shape index (κ2) is 8.00. The maximum absolute atomic E-state index is 12.0. The van der Waals surface area contributed by atoms with E-state index >= 15 is 0 Å². The molecule has 0 radical (unpaired) electrons. The molecule has 0 bridgehead atoms. The Kier molecular flexibility index (Phi) is 5.52. The van der Waals surface area contributed by atoms with Crippen molar-refractivity contribution < 1.29 is 4.79 Å². The number of carbonyl (C=O) groups excluding carboxylic acids is 1. The number of nitrogens with two attached hydrogens (primary N) is 1. The number of rotatable bonds is 7. The first-order valence-corrected chi connectivity index (χ1v) is 8.94. The van der Waals surface area contributed by atoms with Crippen LogP contribution >= 0.6 is 11.3 Å². The van der Waals surface area contributed by atoms with E-state index in [1.807, 2.05) is 36.6 Å². The van der Waals surface area contributed by atoms with Crippen LogP contribution in [0.5, 0.6) is 0 Å². The topological polar surface area (TPSA) is 110 Å². The van der Waals surface area contributed by atoms with Crippen molar-refractivity contribution in [2.75, 3.05) is 5.32 Å². The minimum atomic E-state index is 0.00279. The monoisotopic (exact) mass is 356 g/mol. The van der Waals surface area contributed by atoms with Crippen molar-refractivity contribution in [2.24, 2.45) is 5.73 Å². The van der Waals surface area contributed by atoms with Crippen LogP contribution in [0.2, 0.25) is 0 Å². The van der Waals surface area contributed by atoms with Gasteiger partial charge in [-0.05, 0) is 44.0 Å². The standard InChI is InChI=1S/C17H20N6OS/c1-11-19-14(10-25-11)3-2-4-16(24)20-13-7-5-12(6-8-13)17-21-15(9-18)22-23-17/h5-8,10H,2-4,9,18H2,1H3,(H,20,24)(H,21,22,23).